The van der Waals surface area contributed by atoms with Gasteiger partial charge in [-0.1, -0.05) is 30.3 Å². The zero-order valence-electron chi connectivity index (χ0n) is 10.5. The predicted octanol–water partition coefficient (Wildman–Crippen LogP) is 2.20. The summed E-state index contributed by atoms with van der Waals surface area (Å²) < 4.78 is 0. The summed E-state index contributed by atoms with van der Waals surface area (Å²) in [7, 11) is 0. The van der Waals surface area contributed by atoms with E-state index in [1.54, 1.807) is 12.3 Å². The molecule has 3 rings (SSSR count). The van der Waals surface area contributed by atoms with Crippen LogP contribution in [0.25, 0.3) is 10.2 Å². The first-order valence-electron chi connectivity index (χ1n) is 6.07. The third-order valence-corrected chi connectivity index (χ3v) is 4.03. The molecule has 0 unspecified atom stereocenters. The zero-order valence-corrected chi connectivity index (χ0v) is 11.4. The number of benzene rings is 1. The van der Waals surface area contributed by atoms with Crippen molar-refractivity contribution in [1.82, 2.24) is 15.5 Å². The number of hydrogen-bond acceptors (Lipinski definition) is 5. The van der Waals surface area contributed by atoms with Crippen LogP contribution in [-0.4, -0.2) is 16.1 Å². The topological polar surface area (TPSA) is 80.9 Å². The van der Waals surface area contributed by atoms with E-state index in [9.17, 15) is 4.79 Å². The number of rotatable bonds is 3. The Morgan fingerprint density at radius 3 is 2.80 bits per heavy atom. The second kappa shape index (κ2) is 5.26. The molecule has 0 saturated carbocycles. The predicted molar refractivity (Wildman–Crippen MR) is 79.4 cm³/mol. The summed E-state index contributed by atoms with van der Waals surface area (Å²) in [6, 6.07) is 11.5. The first kappa shape index (κ1) is 12.6. The number of anilines is 1. The van der Waals surface area contributed by atoms with E-state index in [0.29, 0.717) is 21.9 Å². The van der Waals surface area contributed by atoms with Crippen LogP contribution in [0.5, 0.6) is 0 Å². The highest BCUT2D eigenvalue weighted by Gasteiger charge is 2.16. The van der Waals surface area contributed by atoms with Gasteiger partial charge in [0.2, 0.25) is 0 Å². The third kappa shape index (κ3) is 2.33. The molecular weight excluding hydrogens is 272 g/mol. The number of carbonyl (C=O) groups excluding carboxylic acids is 1. The average Bonchev–Trinajstić information content (AvgIpc) is 2.84. The van der Waals surface area contributed by atoms with E-state index in [2.05, 4.69) is 15.5 Å². The standard InChI is InChI=1S/C14H12N4OS/c15-11-10-6-7-17-18-14(10)20-12(11)13(19)16-8-9-4-2-1-3-5-9/h1-7H,8,15H2,(H,16,19). The molecule has 1 aromatic carbocycles. The number of carbonyl (C=O) groups is 1. The van der Waals surface area contributed by atoms with Gasteiger partial charge in [-0.3, -0.25) is 4.79 Å². The van der Waals surface area contributed by atoms with Gasteiger partial charge in [0.1, 0.15) is 9.71 Å². The Morgan fingerprint density at radius 2 is 2.05 bits per heavy atom. The molecule has 3 N–H and O–H groups in total. The Morgan fingerprint density at radius 1 is 1.25 bits per heavy atom. The maximum Gasteiger partial charge on any atom is 0.263 e. The SMILES string of the molecule is Nc1c(C(=O)NCc2ccccc2)sc2nnccc12. The van der Waals surface area contributed by atoms with Gasteiger partial charge in [0.15, 0.2) is 0 Å². The number of aromatic nitrogens is 2. The highest BCUT2D eigenvalue weighted by molar-refractivity contribution is 7.21. The van der Waals surface area contributed by atoms with E-state index in [1.165, 1.54) is 11.3 Å². The Balaban J connectivity index is 1.81. The molecule has 0 fully saturated rings. The summed E-state index contributed by atoms with van der Waals surface area (Å²) in [6.45, 7) is 0.471. The number of hydrogen-bond donors (Lipinski definition) is 2. The smallest absolute Gasteiger partial charge is 0.263 e. The first-order chi connectivity index (χ1) is 9.75. The van der Waals surface area contributed by atoms with Crippen LogP contribution >= 0.6 is 11.3 Å². The maximum atomic E-state index is 12.2. The third-order valence-electron chi connectivity index (χ3n) is 2.92. The number of nitrogens with zero attached hydrogens (tertiary/aromatic N) is 2. The second-order valence-corrected chi connectivity index (χ2v) is 5.26. The average molecular weight is 284 g/mol. The molecule has 20 heavy (non-hydrogen) atoms. The quantitative estimate of drug-likeness (QED) is 0.772. The normalized spacial score (nSPS) is 10.6. The van der Waals surface area contributed by atoms with Crippen molar-refractivity contribution in [2.75, 3.05) is 5.73 Å². The van der Waals surface area contributed by atoms with Crippen LogP contribution < -0.4 is 11.1 Å². The van der Waals surface area contributed by atoms with Crippen LogP contribution in [0, 0.1) is 0 Å². The van der Waals surface area contributed by atoms with E-state index in [4.69, 9.17) is 5.73 Å². The van der Waals surface area contributed by atoms with E-state index >= 15 is 0 Å². The van der Waals surface area contributed by atoms with E-state index in [0.717, 1.165) is 10.9 Å². The van der Waals surface area contributed by atoms with Gasteiger partial charge in [0, 0.05) is 11.9 Å². The molecule has 0 radical (unpaired) electrons. The molecular formula is C14H12N4OS. The summed E-state index contributed by atoms with van der Waals surface area (Å²) in [5.74, 6) is -0.186. The fourth-order valence-electron chi connectivity index (χ4n) is 1.90. The molecule has 0 saturated heterocycles. The molecule has 2 heterocycles. The minimum Gasteiger partial charge on any atom is -0.397 e. The van der Waals surface area contributed by atoms with Crippen LogP contribution in [-0.2, 0) is 6.54 Å². The summed E-state index contributed by atoms with van der Waals surface area (Å²) in [6.07, 6.45) is 1.57. The summed E-state index contributed by atoms with van der Waals surface area (Å²) >= 11 is 1.26. The summed E-state index contributed by atoms with van der Waals surface area (Å²) in [5, 5.41) is 11.4. The van der Waals surface area contributed by atoms with Crippen molar-refractivity contribution in [3.63, 3.8) is 0 Å². The lowest BCUT2D eigenvalue weighted by atomic mass is 10.2. The Bertz CT molecular complexity index is 754. The molecule has 0 aliphatic rings. The lowest BCUT2D eigenvalue weighted by molar-refractivity contribution is 0.0956. The number of amides is 1. The minimum absolute atomic E-state index is 0.186. The highest BCUT2D eigenvalue weighted by atomic mass is 32.1. The maximum absolute atomic E-state index is 12.2. The molecule has 100 valence electrons. The van der Waals surface area contributed by atoms with E-state index in [-0.39, 0.29) is 5.91 Å². The number of nitrogens with two attached hydrogens (primary N) is 1. The van der Waals surface area contributed by atoms with Crippen molar-refractivity contribution in [1.29, 1.82) is 0 Å². The van der Waals surface area contributed by atoms with Gasteiger partial charge >= 0.3 is 0 Å². The molecule has 2 aromatic heterocycles. The molecule has 6 heteroatoms. The second-order valence-electron chi connectivity index (χ2n) is 4.26. The molecule has 3 aromatic rings. The largest absolute Gasteiger partial charge is 0.397 e. The monoisotopic (exact) mass is 284 g/mol. The molecule has 0 atom stereocenters. The Kier molecular flexibility index (Phi) is 3.30. The molecule has 5 nitrogen and oxygen atoms in total. The first-order valence-corrected chi connectivity index (χ1v) is 6.89. The van der Waals surface area contributed by atoms with Gasteiger partial charge in [-0.2, -0.15) is 5.10 Å². The number of thiophene rings is 1. The van der Waals surface area contributed by atoms with Gasteiger partial charge in [0.05, 0.1) is 11.9 Å². The van der Waals surface area contributed by atoms with Crippen LogP contribution in [0.1, 0.15) is 15.2 Å². The lowest BCUT2D eigenvalue weighted by Gasteiger charge is -2.04. The number of nitrogen functional groups attached to an aromatic ring is 1. The lowest BCUT2D eigenvalue weighted by Crippen LogP contribution is -2.22. The van der Waals surface area contributed by atoms with Gasteiger partial charge in [-0.25, -0.2) is 0 Å². The molecule has 1 amide bonds. The van der Waals surface area contributed by atoms with Crippen molar-refractivity contribution in [3.8, 4) is 0 Å². The van der Waals surface area contributed by atoms with Crippen molar-refractivity contribution in [3.05, 3.63) is 53.0 Å². The summed E-state index contributed by atoms with van der Waals surface area (Å²) in [4.78, 5) is 13.3. The summed E-state index contributed by atoms with van der Waals surface area (Å²) in [5.41, 5.74) is 7.50. The zero-order chi connectivity index (χ0) is 13.9. The van der Waals surface area contributed by atoms with Gasteiger partial charge < -0.3 is 11.1 Å². The van der Waals surface area contributed by atoms with Crippen molar-refractivity contribution in [2.24, 2.45) is 0 Å². The van der Waals surface area contributed by atoms with E-state index in [1.807, 2.05) is 30.3 Å². The van der Waals surface area contributed by atoms with Gasteiger partial charge in [-0.05, 0) is 11.6 Å². The van der Waals surface area contributed by atoms with Crippen LogP contribution in [0.3, 0.4) is 0 Å². The van der Waals surface area contributed by atoms with Crippen LogP contribution in [0.4, 0.5) is 5.69 Å². The Hall–Kier alpha value is -2.47. The highest BCUT2D eigenvalue weighted by Crippen LogP contribution is 2.31. The van der Waals surface area contributed by atoms with Gasteiger partial charge in [-0.15, -0.1) is 16.4 Å². The van der Waals surface area contributed by atoms with Crippen LogP contribution in [0.15, 0.2) is 42.6 Å². The molecule has 0 aliphatic heterocycles. The molecule has 0 bridgehead atoms. The minimum atomic E-state index is -0.186. The van der Waals surface area contributed by atoms with Crippen molar-refractivity contribution < 1.29 is 4.79 Å². The van der Waals surface area contributed by atoms with Crippen molar-refractivity contribution in [2.45, 2.75) is 6.54 Å². The number of fused-ring (bicyclic) bond motifs is 1. The van der Waals surface area contributed by atoms with Gasteiger partial charge in [0.25, 0.3) is 5.91 Å². The fraction of sp³-hybridized carbons (Fsp3) is 0.0714. The molecule has 0 aliphatic carbocycles. The van der Waals surface area contributed by atoms with Crippen molar-refractivity contribution >= 4 is 33.1 Å². The number of nitrogens with one attached hydrogen (secondary N) is 1. The fourth-order valence-corrected chi connectivity index (χ4v) is 2.85. The van der Waals surface area contributed by atoms with Crippen LogP contribution in [0.2, 0.25) is 0 Å². The Labute approximate surface area is 119 Å². The van der Waals surface area contributed by atoms with E-state index < -0.39 is 0 Å². The molecule has 0 spiro atoms.